The molecule has 116 valence electrons. The lowest BCUT2D eigenvalue weighted by Crippen LogP contribution is -2.44. The number of aromatic hydroxyl groups is 2. The Morgan fingerprint density at radius 3 is 1.82 bits per heavy atom. The van der Waals surface area contributed by atoms with E-state index in [4.69, 9.17) is 0 Å². The largest absolute Gasteiger partial charge is 0.508 e. The predicted octanol–water partition coefficient (Wildman–Crippen LogP) is 4.72. The highest BCUT2D eigenvalue weighted by atomic mass is 16.3. The minimum atomic E-state index is -0.238. The Bertz CT molecular complexity index is 726. The zero-order chi connectivity index (χ0) is 16.3. The van der Waals surface area contributed by atoms with Gasteiger partial charge in [-0.05, 0) is 51.8 Å². The van der Waals surface area contributed by atoms with E-state index in [2.05, 4.69) is 40.7 Å². The molecule has 1 atom stereocenters. The van der Waals surface area contributed by atoms with Gasteiger partial charge < -0.3 is 10.2 Å². The molecule has 0 radical (unpaired) electrons. The number of hydrogen-bond donors (Lipinski definition) is 2. The molecule has 0 saturated carbocycles. The van der Waals surface area contributed by atoms with Gasteiger partial charge in [0, 0.05) is 5.41 Å². The van der Waals surface area contributed by atoms with Crippen molar-refractivity contribution in [3.05, 3.63) is 59.2 Å². The van der Waals surface area contributed by atoms with E-state index in [1.54, 1.807) is 18.2 Å². The molecule has 22 heavy (non-hydrogen) atoms. The van der Waals surface area contributed by atoms with Gasteiger partial charge in [-0.15, -0.1) is 0 Å². The van der Waals surface area contributed by atoms with Crippen LogP contribution < -0.4 is 0 Å². The molecule has 3 rings (SSSR count). The lowest BCUT2D eigenvalue weighted by atomic mass is 9.56. The fraction of sp³-hybridized carbons (Fsp3) is 0.400. The average Bonchev–Trinajstić information content (AvgIpc) is 2.56. The van der Waals surface area contributed by atoms with Gasteiger partial charge in [0.1, 0.15) is 11.5 Å². The molecule has 1 unspecified atom stereocenters. The van der Waals surface area contributed by atoms with Crippen molar-refractivity contribution in [2.24, 2.45) is 5.41 Å². The van der Waals surface area contributed by atoms with Gasteiger partial charge in [0.2, 0.25) is 0 Å². The zero-order valence-corrected chi connectivity index (χ0v) is 13.9. The summed E-state index contributed by atoms with van der Waals surface area (Å²) in [6.07, 6.45) is 0. The molecular formula is C20H24O2. The van der Waals surface area contributed by atoms with Crippen molar-refractivity contribution in [3.63, 3.8) is 0 Å². The van der Waals surface area contributed by atoms with E-state index in [0.717, 1.165) is 5.56 Å². The maximum Gasteiger partial charge on any atom is 0.115 e. The fourth-order valence-electron chi connectivity index (χ4n) is 4.10. The molecule has 1 aliphatic carbocycles. The Morgan fingerprint density at radius 2 is 1.23 bits per heavy atom. The number of hydrogen-bond acceptors (Lipinski definition) is 2. The van der Waals surface area contributed by atoms with Gasteiger partial charge in [0.15, 0.2) is 0 Å². The van der Waals surface area contributed by atoms with Gasteiger partial charge in [-0.2, -0.15) is 0 Å². The van der Waals surface area contributed by atoms with E-state index in [9.17, 15) is 10.2 Å². The van der Waals surface area contributed by atoms with Crippen molar-refractivity contribution in [1.82, 2.24) is 0 Å². The summed E-state index contributed by atoms with van der Waals surface area (Å²) in [7, 11) is 0. The van der Waals surface area contributed by atoms with Crippen molar-refractivity contribution in [1.29, 1.82) is 0 Å². The van der Waals surface area contributed by atoms with Crippen LogP contribution in [-0.2, 0) is 10.8 Å². The maximum absolute atomic E-state index is 10.0. The number of phenolic OH excluding ortho intramolecular Hbond substituents is 2. The summed E-state index contributed by atoms with van der Waals surface area (Å²) in [6, 6.07) is 13.2. The van der Waals surface area contributed by atoms with Crippen LogP contribution in [0.1, 0.15) is 51.3 Å². The van der Waals surface area contributed by atoms with Crippen LogP contribution >= 0.6 is 0 Å². The molecule has 0 bridgehead atoms. The number of fused-ring (bicyclic) bond motifs is 1. The highest BCUT2D eigenvalue weighted by molar-refractivity contribution is 5.57. The van der Waals surface area contributed by atoms with Gasteiger partial charge in [0.25, 0.3) is 0 Å². The SMILES string of the molecule is CC1(C)c2ccc(O)cc2C(C)(c2ccc(O)cc2)C1(C)C. The molecule has 0 heterocycles. The van der Waals surface area contributed by atoms with Crippen LogP contribution in [-0.4, -0.2) is 10.2 Å². The first-order valence-electron chi connectivity index (χ1n) is 7.76. The van der Waals surface area contributed by atoms with Crippen molar-refractivity contribution < 1.29 is 10.2 Å². The van der Waals surface area contributed by atoms with Gasteiger partial charge in [0.05, 0.1) is 0 Å². The molecule has 0 aromatic heterocycles. The molecule has 0 fully saturated rings. The highest BCUT2D eigenvalue weighted by Crippen LogP contribution is 2.64. The molecule has 2 nitrogen and oxygen atoms in total. The van der Waals surface area contributed by atoms with Crippen LogP contribution in [0.4, 0.5) is 0 Å². The summed E-state index contributed by atoms with van der Waals surface area (Å²) >= 11 is 0. The average molecular weight is 296 g/mol. The smallest absolute Gasteiger partial charge is 0.115 e. The van der Waals surface area contributed by atoms with E-state index >= 15 is 0 Å². The van der Waals surface area contributed by atoms with Gasteiger partial charge in [-0.1, -0.05) is 52.8 Å². The topological polar surface area (TPSA) is 40.5 Å². The fourth-order valence-corrected chi connectivity index (χ4v) is 4.10. The summed E-state index contributed by atoms with van der Waals surface area (Å²) in [4.78, 5) is 0. The predicted molar refractivity (Wildman–Crippen MR) is 89.5 cm³/mol. The number of rotatable bonds is 1. The molecule has 2 aromatic rings. The van der Waals surface area contributed by atoms with Crippen LogP contribution in [0.15, 0.2) is 42.5 Å². The molecule has 0 spiro atoms. The van der Waals surface area contributed by atoms with E-state index in [0.29, 0.717) is 5.75 Å². The third kappa shape index (κ3) is 1.61. The van der Waals surface area contributed by atoms with Crippen LogP contribution in [0.5, 0.6) is 11.5 Å². The lowest BCUT2D eigenvalue weighted by molar-refractivity contribution is 0.139. The van der Waals surface area contributed by atoms with Gasteiger partial charge in [-0.25, -0.2) is 0 Å². The first kappa shape index (κ1) is 15.0. The highest BCUT2D eigenvalue weighted by Gasteiger charge is 2.59. The first-order valence-corrected chi connectivity index (χ1v) is 7.76. The number of benzene rings is 2. The summed E-state index contributed by atoms with van der Waals surface area (Å²) in [5.74, 6) is 0.579. The second-order valence-electron chi connectivity index (χ2n) is 7.65. The van der Waals surface area contributed by atoms with E-state index < -0.39 is 0 Å². The Morgan fingerprint density at radius 1 is 0.682 bits per heavy atom. The Balaban J connectivity index is 2.35. The summed E-state index contributed by atoms with van der Waals surface area (Å²) < 4.78 is 0. The quantitative estimate of drug-likeness (QED) is 0.799. The molecule has 2 aromatic carbocycles. The van der Waals surface area contributed by atoms with Crippen molar-refractivity contribution in [2.75, 3.05) is 0 Å². The third-order valence-electron chi connectivity index (χ3n) is 6.47. The van der Waals surface area contributed by atoms with Crippen molar-refractivity contribution in [2.45, 2.75) is 45.4 Å². The summed E-state index contributed by atoms with van der Waals surface area (Å²) in [5.41, 5.74) is 3.31. The minimum absolute atomic E-state index is 0.0251. The molecule has 2 heteroatoms. The Kier molecular flexibility index (Phi) is 2.91. The van der Waals surface area contributed by atoms with E-state index in [-0.39, 0.29) is 22.0 Å². The molecule has 2 N–H and O–H groups in total. The van der Waals surface area contributed by atoms with Crippen LogP contribution in [0, 0.1) is 5.41 Å². The van der Waals surface area contributed by atoms with Crippen LogP contribution in [0.25, 0.3) is 0 Å². The first-order chi connectivity index (χ1) is 10.1. The second kappa shape index (κ2) is 4.28. The normalized spacial score (nSPS) is 25.0. The monoisotopic (exact) mass is 296 g/mol. The molecule has 0 amide bonds. The third-order valence-corrected chi connectivity index (χ3v) is 6.47. The van der Waals surface area contributed by atoms with Crippen LogP contribution in [0.3, 0.4) is 0 Å². The second-order valence-corrected chi connectivity index (χ2v) is 7.65. The van der Waals surface area contributed by atoms with Gasteiger partial charge >= 0.3 is 0 Å². The molecule has 0 saturated heterocycles. The molecule has 1 aliphatic rings. The van der Waals surface area contributed by atoms with Gasteiger partial charge in [-0.3, -0.25) is 0 Å². The molecule has 0 aliphatic heterocycles. The van der Waals surface area contributed by atoms with Crippen molar-refractivity contribution >= 4 is 0 Å². The lowest BCUT2D eigenvalue weighted by Gasteiger charge is -2.47. The van der Waals surface area contributed by atoms with E-state index in [1.165, 1.54) is 11.1 Å². The Hall–Kier alpha value is -1.96. The zero-order valence-electron chi connectivity index (χ0n) is 13.9. The maximum atomic E-state index is 10.0. The van der Waals surface area contributed by atoms with Crippen molar-refractivity contribution in [3.8, 4) is 11.5 Å². The number of phenols is 2. The van der Waals surface area contributed by atoms with Crippen LogP contribution in [0.2, 0.25) is 0 Å². The summed E-state index contributed by atoms with van der Waals surface area (Å²) in [6.45, 7) is 11.4. The standard InChI is InChI=1S/C20H24O2/c1-18(2)16-11-10-15(22)12-17(16)20(5,19(18,3)4)13-6-8-14(21)9-7-13/h6-12,21-22H,1-5H3. The summed E-state index contributed by atoms with van der Waals surface area (Å²) in [5, 5.41) is 19.6. The Labute approximate surface area is 132 Å². The minimum Gasteiger partial charge on any atom is -0.508 e. The van der Waals surface area contributed by atoms with E-state index in [1.807, 2.05) is 18.2 Å². The molecular weight excluding hydrogens is 272 g/mol.